The molecule has 0 bridgehead atoms. The van der Waals surface area contributed by atoms with E-state index in [1.165, 1.54) is 0 Å². The largest absolute Gasteiger partial charge is 0.356 e. The summed E-state index contributed by atoms with van der Waals surface area (Å²) in [5.41, 5.74) is 2.45. The van der Waals surface area contributed by atoms with Gasteiger partial charge in [-0.25, -0.2) is 10.8 Å². The third kappa shape index (κ3) is 3.78. The summed E-state index contributed by atoms with van der Waals surface area (Å²) in [6.45, 7) is 4.19. The first kappa shape index (κ1) is 13.5. The highest BCUT2D eigenvalue weighted by Gasteiger charge is 2.20. The van der Waals surface area contributed by atoms with Gasteiger partial charge in [-0.15, -0.1) is 0 Å². The lowest BCUT2D eigenvalue weighted by Gasteiger charge is -2.32. The van der Waals surface area contributed by atoms with E-state index < -0.39 is 0 Å². The fourth-order valence-electron chi connectivity index (χ4n) is 2.25. The van der Waals surface area contributed by atoms with E-state index in [0.717, 1.165) is 38.3 Å². The monoisotopic (exact) mass is 264 g/mol. The van der Waals surface area contributed by atoms with Gasteiger partial charge >= 0.3 is 0 Å². The van der Waals surface area contributed by atoms with E-state index in [0.29, 0.717) is 11.9 Å². The Kier molecular flexibility index (Phi) is 4.51. The Morgan fingerprint density at radius 3 is 2.89 bits per heavy atom. The number of piperidine rings is 1. The van der Waals surface area contributed by atoms with Crippen LogP contribution < -0.4 is 21.5 Å². The highest BCUT2D eigenvalue weighted by atomic mass is 16.1. The van der Waals surface area contributed by atoms with Gasteiger partial charge in [0.2, 0.25) is 11.9 Å². The number of carbonyl (C=O) groups excluding carboxylic acids is 1. The lowest BCUT2D eigenvalue weighted by molar-refractivity contribution is -0.119. The summed E-state index contributed by atoms with van der Waals surface area (Å²) in [6.07, 6.45) is 3.80. The van der Waals surface area contributed by atoms with Crippen molar-refractivity contribution >= 4 is 17.7 Å². The topological polar surface area (TPSA) is 96.2 Å². The predicted molar refractivity (Wildman–Crippen MR) is 73.5 cm³/mol. The number of nitrogens with two attached hydrogens (primary N) is 1. The van der Waals surface area contributed by atoms with E-state index in [9.17, 15) is 4.79 Å². The number of rotatable bonds is 4. The van der Waals surface area contributed by atoms with E-state index in [1.54, 1.807) is 13.1 Å². The maximum atomic E-state index is 10.9. The SMILES string of the molecule is CC(=O)NCC1CCN(c2ccnc(NN)n2)CC1. The maximum Gasteiger partial charge on any atom is 0.239 e. The van der Waals surface area contributed by atoms with Crippen molar-refractivity contribution in [3.05, 3.63) is 12.3 Å². The Hall–Kier alpha value is -1.89. The van der Waals surface area contributed by atoms with E-state index in [1.807, 2.05) is 6.07 Å². The minimum atomic E-state index is 0.0388. The fourth-order valence-corrected chi connectivity index (χ4v) is 2.25. The minimum Gasteiger partial charge on any atom is -0.356 e. The molecule has 2 rings (SSSR count). The molecule has 0 aliphatic carbocycles. The molecule has 1 aliphatic heterocycles. The summed E-state index contributed by atoms with van der Waals surface area (Å²) in [6, 6.07) is 1.88. The molecule has 4 N–H and O–H groups in total. The quantitative estimate of drug-likeness (QED) is 0.528. The fraction of sp³-hybridized carbons (Fsp3) is 0.583. The Morgan fingerprint density at radius 1 is 1.53 bits per heavy atom. The number of hydrogen-bond donors (Lipinski definition) is 3. The van der Waals surface area contributed by atoms with Crippen LogP contribution in [0.1, 0.15) is 19.8 Å². The molecule has 1 aromatic heterocycles. The summed E-state index contributed by atoms with van der Waals surface area (Å²) < 4.78 is 0. The number of nitrogens with one attached hydrogen (secondary N) is 2. The second-order valence-corrected chi connectivity index (χ2v) is 4.75. The second kappa shape index (κ2) is 6.33. The molecule has 1 aromatic rings. The molecule has 0 saturated carbocycles. The molecule has 0 atom stereocenters. The number of carbonyl (C=O) groups is 1. The van der Waals surface area contributed by atoms with Crippen LogP contribution in [-0.2, 0) is 4.79 Å². The molecule has 19 heavy (non-hydrogen) atoms. The Labute approximate surface area is 112 Å². The molecule has 104 valence electrons. The Morgan fingerprint density at radius 2 is 2.26 bits per heavy atom. The Bertz CT molecular complexity index is 430. The van der Waals surface area contributed by atoms with Crippen LogP contribution in [-0.4, -0.2) is 35.5 Å². The van der Waals surface area contributed by atoms with Crippen LogP contribution in [0.2, 0.25) is 0 Å². The zero-order valence-corrected chi connectivity index (χ0v) is 11.1. The highest BCUT2D eigenvalue weighted by molar-refractivity contribution is 5.72. The van der Waals surface area contributed by atoms with Crippen LogP contribution in [0.15, 0.2) is 12.3 Å². The van der Waals surface area contributed by atoms with Gasteiger partial charge in [0.05, 0.1) is 0 Å². The van der Waals surface area contributed by atoms with Gasteiger partial charge in [0.15, 0.2) is 0 Å². The van der Waals surface area contributed by atoms with Crippen molar-refractivity contribution in [1.82, 2.24) is 15.3 Å². The van der Waals surface area contributed by atoms with Crippen molar-refractivity contribution in [2.24, 2.45) is 11.8 Å². The van der Waals surface area contributed by atoms with Crippen molar-refractivity contribution in [3.63, 3.8) is 0 Å². The van der Waals surface area contributed by atoms with Crippen LogP contribution in [0.25, 0.3) is 0 Å². The van der Waals surface area contributed by atoms with Crippen LogP contribution in [0.5, 0.6) is 0 Å². The van der Waals surface area contributed by atoms with Crippen molar-refractivity contribution in [2.75, 3.05) is 30.0 Å². The number of amides is 1. The third-order valence-corrected chi connectivity index (χ3v) is 3.35. The molecule has 0 spiro atoms. The number of nitrogen functional groups attached to an aromatic ring is 1. The Balaban J connectivity index is 1.87. The summed E-state index contributed by atoms with van der Waals surface area (Å²) in [7, 11) is 0. The number of hydrogen-bond acceptors (Lipinski definition) is 6. The van der Waals surface area contributed by atoms with Gasteiger partial charge in [0.1, 0.15) is 5.82 Å². The summed E-state index contributed by atoms with van der Waals surface area (Å²) in [5.74, 6) is 7.21. The zero-order valence-electron chi connectivity index (χ0n) is 11.1. The lowest BCUT2D eigenvalue weighted by Crippen LogP contribution is -2.38. The first-order chi connectivity index (χ1) is 9.19. The molecule has 0 unspecified atom stereocenters. The molecule has 1 fully saturated rings. The molecule has 7 heteroatoms. The molecule has 2 heterocycles. The average molecular weight is 264 g/mol. The smallest absolute Gasteiger partial charge is 0.239 e. The van der Waals surface area contributed by atoms with Gasteiger partial charge in [-0.1, -0.05) is 0 Å². The van der Waals surface area contributed by atoms with Gasteiger partial charge in [-0.05, 0) is 24.8 Å². The molecule has 1 saturated heterocycles. The highest BCUT2D eigenvalue weighted by Crippen LogP contribution is 2.21. The normalized spacial score (nSPS) is 16.2. The summed E-state index contributed by atoms with van der Waals surface area (Å²) in [5, 5.41) is 2.88. The first-order valence-corrected chi connectivity index (χ1v) is 6.48. The lowest BCUT2D eigenvalue weighted by atomic mass is 9.97. The third-order valence-electron chi connectivity index (χ3n) is 3.35. The molecular weight excluding hydrogens is 244 g/mol. The predicted octanol–water partition coefficient (Wildman–Crippen LogP) is 0.115. The van der Waals surface area contributed by atoms with Crippen LogP contribution in [0.3, 0.4) is 0 Å². The van der Waals surface area contributed by atoms with Crippen molar-refractivity contribution in [1.29, 1.82) is 0 Å². The molecule has 1 aliphatic rings. The van der Waals surface area contributed by atoms with Crippen LogP contribution in [0, 0.1) is 5.92 Å². The van der Waals surface area contributed by atoms with Gasteiger partial charge < -0.3 is 10.2 Å². The van der Waals surface area contributed by atoms with Crippen molar-refractivity contribution in [3.8, 4) is 0 Å². The molecule has 0 aromatic carbocycles. The average Bonchev–Trinajstić information content (AvgIpc) is 2.45. The van der Waals surface area contributed by atoms with Crippen molar-refractivity contribution < 1.29 is 4.79 Å². The standard InChI is InChI=1S/C12H20N6O/c1-9(19)15-8-10-3-6-18(7-4-10)11-2-5-14-12(16-11)17-13/h2,5,10H,3-4,6-8,13H2,1H3,(H,15,19)(H,14,16,17). The summed E-state index contributed by atoms with van der Waals surface area (Å²) >= 11 is 0. The molecule has 1 amide bonds. The van der Waals surface area contributed by atoms with Crippen molar-refractivity contribution in [2.45, 2.75) is 19.8 Å². The molecular formula is C12H20N6O. The van der Waals surface area contributed by atoms with Gasteiger partial charge in [0, 0.05) is 32.8 Å². The number of nitrogens with zero attached hydrogens (tertiary/aromatic N) is 3. The molecule has 0 radical (unpaired) electrons. The zero-order chi connectivity index (χ0) is 13.7. The number of anilines is 2. The minimum absolute atomic E-state index is 0.0388. The number of aromatic nitrogens is 2. The van der Waals surface area contributed by atoms with E-state index >= 15 is 0 Å². The van der Waals surface area contributed by atoms with E-state index in [-0.39, 0.29) is 5.91 Å². The first-order valence-electron chi connectivity index (χ1n) is 6.48. The maximum absolute atomic E-state index is 10.9. The number of hydrazine groups is 1. The second-order valence-electron chi connectivity index (χ2n) is 4.75. The van der Waals surface area contributed by atoms with Gasteiger partial charge in [-0.3, -0.25) is 10.2 Å². The molecule has 7 nitrogen and oxygen atoms in total. The van der Waals surface area contributed by atoms with Gasteiger partial charge in [0.25, 0.3) is 0 Å². The van der Waals surface area contributed by atoms with Crippen LogP contribution in [0.4, 0.5) is 11.8 Å². The summed E-state index contributed by atoms with van der Waals surface area (Å²) in [4.78, 5) is 21.4. The van der Waals surface area contributed by atoms with Crippen LogP contribution >= 0.6 is 0 Å². The van der Waals surface area contributed by atoms with Gasteiger partial charge in [-0.2, -0.15) is 4.98 Å². The van der Waals surface area contributed by atoms with E-state index in [2.05, 4.69) is 25.6 Å². The van der Waals surface area contributed by atoms with E-state index in [4.69, 9.17) is 5.84 Å².